The Labute approximate surface area is 170 Å². The summed E-state index contributed by atoms with van der Waals surface area (Å²) in [4.78, 5) is 27.6. The van der Waals surface area contributed by atoms with Gasteiger partial charge in [0.15, 0.2) is 6.61 Å². The summed E-state index contributed by atoms with van der Waals surface area (Å²) < 4.78 is 5.53. The molecule has 2 heterocycles. The molecule has 0 saturated heterocycles. The fraction of sp³-hybridized carbons (Fsp3) is 0.455. The van der Waals surface area contributed by atoms with Gasteiger partial charge in [-0.3, -0.25) is 9.59 Å². The number of rotatable bonds is 6. The Hall–Kier alpha value is -2.34. The number of carbonyl (C=O) groups is 2. The predicted octanol–water partition coefficient (Wildman–Crippen LogP) is 3.52. The number of fused-ring (bicyclic) bond motifs is 1. The Kier molecular flexibility index (Phi) is 6.39. The van der Waals surface area contributed by atoms with Gasteiger partial charge in [0.2, 0.25) is 5.91 Å². The van der Waals surface area contributed by atoms with Crippen molar-refractivity contribution in [3.63, 3.8) is 0 Å². The Morgan fingerprint density at radius 2 is 1.93 bits per heavy atom. The molecule has 150 valence electrons. The first kappa shape index (κ1) is 20.4. The Balaban J connectivity index is 1.36. The number of hydrogen-bond donors (Lipinski definition) is 1. The van der Waals surface area contributed by atoms with Gasteiger partial charge in [-0.05, 0) is 46.5 Å². The SMILES string of the molecule is CC(C)(C)c1ccc(OCC(=O)NCCC(=O)N2CCc3sccc3C2)cc1. The van der Waals surface area contributed by atoms with Crippen LogP contribution in [0.3, 0.4) is 0 Å². The lowest BCUT2D eigenvalue weighted by molar-refractivity contribution is -0.132. The Morgan fingerprint density at radius 1 is 1.18 bits per heavy atom. The summed E-state index contributed by atoms with van der Waals surface area (Å²) in [6.45, 7) is 8.18. The van der Waals surface area contributed by atoms with Crippen LogP contribution in [0, 0.1) is 0 Å². The third kappa shape index (κ3) is 5.35. The molecule has 5 nitrogen and oxygen atoms in total. The minimum atomic E-state index is -0.216. The highest BCUT2D eigenvalue weighted by atomic mass is 32.1. The molecule has 1 aliphatic heterocycles. The van der Waals surface area contributed by atoms with Crippen molar-refractivity contribution in [2.45, 2.75) is 45.6 Å². The second kappa shape index (κ2) is 8.78. The van der Waals surface area contributed by atoms with E-state index in [1.807, 2.05) is 29.2 Å². The first-order valence-electron chi connectivity index (χ1n) is 9.66. The molecule has 3 rings (SSSR count). The van der Waals surface area contributed by atoms with Crippen LogP contribution in [-0.2, 0) is 28.0 Å². The monoisotopic (exact) mass is 400 g/mol. The molecule has 1 aliphatic rings. The molecule has 1 aromatic carbocycles. The van der Waals surface area contributed by atoms with Gasteiger partial charge in [0.25, 0.3) is 5.91 Å². The molecular formula is C22H28N2O3S. The van der Waals surface area contributed by atoms with Crippen molar-refractivity contribution in [2.75, 3.05) is 19.7 Å². The summed E-state index contributed by atoms with van der Waals surface area (Å²) in [5.74, 6) is 0.529. The minimum absolute atomic E-state index is 0.0506. The normalized spacial score (nSPS) is 13.8. The number of nitrogens with zero attached hydrogens (tertiary/aromatic N) is 1. The molecule has 1 N–H and O–H groups in total. The van der Waals surface area contributed by atoms with Crippen molar-refractivity contribution < 1.29 is 14.3 Å². The molecule has 0 aliphatic carbocycles. The lowest BCUT2D eigenvalue weighted by atomic mass is 9.87. The molecule has 2 aromatic rings. The van der Waals surface area contributed by atoms with Crippen LogP contribution in [0.4, 0.5) is 0 Å². The highest BCUT2D eigenvalue weighted by Gasteiger charge is 2.21. The van der Waals surface area contributed by atoms with Crippen LogP contribution in [0.15, 0.2) is 35.7 Å². The zero-order chi connectivity index (χ0) is 20.1. The highest BCUT2D eigenvalue weighted by Crippen LogP contribution is 2.25. The second-order valence-electron chi connectivity index (χ2n) is 8.10. The van der Waals surface area contributed by atoms with E-state index in [1.54, 1.807) is 11.3 Å². The number of ether oxygens (including phenoxy) is 1. The van der Waals surface area contributed by atoms with Gasteiger partial charge in [-0.2, -0.15) is 0 Å². The van der Waals surface area contributed by atoms with Crippen LogP contribution in [0.5, 0.6) is 5.75 Å². The Morgan fingerprint density at radius 3 is 2.64 bits per heavy atom. The highest BCUT2D eigenvalue weighted by molar-refractivity contribution is 7.10. The molecule has 0 bridgehead atoms. The molecule has 0 saturated carbocycles. The van der Waals surface area contributed by atoms with Crippen molar-refractivity contribution in [1.29, 1.82) is 0 Å². The number of benzene rings is 1. The summed E-state index contributed by atoms with van der Waals surface area (Å²) in [6.07, 6.45) is 1.23. The van der Waals surface area contributed by atoms with Crippen molar-refractivity contribution in [1.82, 2.24) is 10.2 Å². The molecule has 1 aromatic heterocycles. The lowest BCUT2D eigenvalue weighted by Crippen LogP contribution is -2.38. The zero-order valence-corrected chi connectivity index (χ0v) is 17.6. The van der Waals surface area contributed by atoms with Crippen LogP contribution in [0.2, 0.25) is 0 Å². The Bertz CT molecular complexity index is 821. The van der Waals surface area contributed by atoms with E-state index in [1.165, 1.54) is 16.0 Å². The number of amides is 2. The van der Waals surface area contributed by atoms with E-state index in [9.17, 15) is 9.59 Å². The van der Waals surface area contributed by atoms with Gasteiger partial charge in [-0.1, -0.05) is 32.9 Å². The summed E-state index contributed by atoms with van der Waals surface area (Å²) in [5, 5.41) is 4.84. The summed E-state index contributed by atoms with van der Waals surface area (Å²) in [5.41, 5.74) is 2.55. The van der Waals surface area contributed by atoms with Crippen LogP contribution < -0.4 is 10.1 Å². The summed E-state index contributed by atoms with van der Waals surface area (Å²) in [6, 6.07) is 9.89. The molecular weight excluding hydrogens is 372 g/mol. The fourth-order valence-corrected chi connectivity index (χ4v) is 4.07. The van der Waals surface area contributed by atoms with E-state index in [0.717, 1.165) is 13.0 Å². The maximum Gasteiger partial charge on any atom is 0.257 e. The summed E-state index contributed by atoms with van der Waals surface area (Å²) >= 11 is 1.76. The second-order valence-corrected chi connectivity index (χ2v) is 9.10. The largest absolute Gasteiger partial charge is 0.484 e. The van der Waals surface area contributed by atoms with Gasteiger partial charge < -0.3 is 15.0 Å². The maximum absolute atomic E-state index is 12.4. The lowest BCUT2D eigenvalue weighted by Gasteiger charge is -2.27. The van der Waals surface area contributed by atoms with E-state index in [0.29, 0.717) is 25.3 Å². The van der Waals surface area contributed by atoms with Crippen LogP contribution in [-0.4, -0.2) is 36.4 Å². The van der Waals surface area contributed by atoms with E-state index in [4.69, 9.17) is 4.74 Å². The average Bonchev–Trinajstić information content (AvgIpc) is 3.13. The number of hydrogen-bond acceptors (Lipinski definition) is 4. The average molecular weight is 401 g/mol. The van der Waals surface area contributed by atoms with Crippen molar-refractivity contribution in [2.24, 2.45) is 0 Å². The standard InChI is InChI=1S/C22H28N2O3S/c1-22(2,3)17-4-6-18(7-5-17)27-15-20(25)23-11-8-21(26)24-12-9-19-16(14-24)10-13-28-19/h4-7,10,13H,8-9,11-12,14-15H2,1-3H3,(H,23,25). The number of nitrogens with one attached hydrogen (secondary N) is 1. The molecule has 2 amide bonds. The van der Waals surface area contributed by atoms with Gasteiger partial charge in [0.05, 0.1) is 0 Å². The number of carbonyl (C=O) groups excluding carboxylic acids is 2. The molecule has 0 spiro atoms. The van der Waals surface area contributed by atoms with E-state index in [2.05, 4.69) is 37.5 Å². The topological polar surface area (TPSA) is 58.6 Å². The van der Waals surface area contributed by atoms with Crippen molar-refractivity contribution in [3.8, 4) is 5.75 Å². The van der Waals surface area contributed by atoms with Gasteiger partial charge in [-0.25, -0.2) is 0 Å². The quantitative estimate of drug-likeness (QED) is 0.807. The van der Waals surface area contributed by atoms with Crippen LogP contribution in [0.25, 0.3) is 0 Å². The van der Waals surface area contributed by atoms with Gasteiger partial charge in [0, 0.05) is 30.9 Å². The summed E-state index contributed by atoms with van der Waals surface area (Å²) in [7, 11) is 0. The van der Waals surface area contributed by atoms with E-state index < -0.39 is 0 Å². The predicted molar refractivity (Wildman–Crippen MR) is 112 cm³/mol. The zero-order valence-electron chi connectivity index (χ0n) is 16.8. The first-order chi connectivity index (χ1) is 13.3. The third-order valence-electron chi connectivity index (χ3n) is 4.91. The van der Waals surface area contributed by atoms with Crippen LogP contribution >= 0.6 is 11.3 Å². The number of thiophene rings is 1. The van der Waals surface area contributed by atoms with Gasteiger partial charge in [0.1, 0.15) is 5.75 Å². The third-order valence-corrected chi connectivity index (χ3v) is 5.93. The fourth-order valence-electron chi connectivity index (χ4n) is 3.18. The van der Waals surface area contributed by atoms with E-state index in [-0.39, 0.29) is 23.8 Å². The van der Waals surface area contributed by atoms with Gasteiger partial charge >= 0.3 is 0 Å². The maximum atomic E-state index is 12.4. The molecule has 0 radical (unpaired) electrons. The van der Waals surface area contributed by atoms with Gasteiger partial charge in [-0.15, -0.1) is 11.3 Å². The van der Waals surface area contributed by atoms with Crippen molar-refractivity contribution in [3.05, 3.63) is 51.7 Å². The minimum Gasteiger partial charge on any atom is -0.484 e. The van der Waals surface area contributed by atoms with E-state index >= 15 is 0 Å². The smallest absolute Gasteiger partial charge is 0.257 e. The van der Waals surface area contributed by atoms with Crippen LogP contribution in [0.1, 0.15) is 43.2 Å². The molecule has 0 fully saturated rings. The first-order valence-corrected chi connectivity index (χ1v) is 10.5. The molecule has 6 heteroatoms. The molecule has 28 heavy (non-hydrogen) atoms. The van der Waals surface area contributed by atoms with Crippen molar-refractivity contribution >= 4 is 23.2 Å². The molecule has 0 atom stereocenters. The molecule has 0 unspecified atom stereocenters.